The van der Waals surface area contributed by atoms with Crippen LogP contribution in [0, 0.1) is 12.7 Å². The molecule has 0 fully saturated rings. The van der Waals surface area contributed by atoms with Crippen LogP contribution in [-0.2, 0) is 5.75 Å². The van der Waals surface area contributed by atoms with Gasteiger partial charge in [0, 0.05) is 16.2 Å². The Balaban J connectivity index is 2.18. The summed E-state index contributed by atoms with van der Waals surface area (Å²) in [5.41, 5.74) is 2.80. The lowest BCUT2D eigenvalue weighted by Gasteiger charge is -2.12. The van der Waals surface area contributed by atoms with Gasteiger partial charge in [0.15, 0.2) is 0 Å². The van der Waals surface area contributed by atoms with E-state index in [1.54, 1.807) is 24.8 Å². The van der Waals surface area contributed by atoms with Crippen molar-refractivity contribution in [3.63, 3.8) is 0 Å². The second-order valence-electron chi connectivity index (χ2n) is 4.61. The summed E-state index contributed by atoms with van der Waals surface area (Å²) in [4.78, 5) is 0.802. The van der Waals surface area contributed by atoms with E-state index in [2.05, 4.69) is 25.1 Å². The van der Waals surface area contributed by atoms with E-state index in [0.29, 0.717) is 5.56 Å². The molecule has 0 amide bonds. The smallest absolute Gasteiger partial charge is 0.130 e. The predicted octanol–water partition coefficient (Wildman–Crippen LogP) is 4.48. The fraction of sp³-hybridized carbons (Fsp3) is 0.250. The molecule has 0 aromatic heterocycles. The second kappa shape index (κ2) is 6.22. The second-order valence-corrected chi connectivity index (χ2v) is 5.62. The van der Waals surface area contributed by atoms with Crippen molar-refractivity contribution in [1.29, 1.82) is 0 Å². The summed E-state index contributed by atoms with van der Waals surface area (Å²) in [5.74, 6) is 0.425. The number of benzene rings is 2. The highest BCUT2D eigenvalue weighted by atomic mass is 32.2. The standard InChI is InChI=1S/C16H17FOS/c1-11-5-3-6-13(9-11)10-19-15-8-4-7-14(17)16(15)12(2)18/h3-9,12,18H,10H2,1-2H3. The Kier molecular flexibility index (Phi) is 4.61. The number of aliphatic hydroxyl groups is 1. The first-order valence-corrected chi connectivity index (χ1v) is 7.21. The highest BCUT2D eigenvalue weighted by Gasteiger charge is 2.13. The van der Waals surface area contributed by atoms with E-state index < -0.39 is 6.10 Å². The molecular formula is C16H17FOS. The number of halogens is 1. The van der Waals surface area contributed by atoms with Crippen molar-refractivity contribution in [3.8, 4) is 0 Å². The molecule has 1 unspecified atom stereocenters. The van der Waals surface area contributed by atoms with Gasteiger partial charge in [-0.3, -0.25) is 0 Å². The van der Waals surface area contributed by atoms with E-state index in [1.165, 1.54) is 17.2 Å². The third-order valence-electron chi connectivity index (χ3n) is 2.91. The van der Waals surface area contributed by atoms with Crippen molar-refractivity contribution < 1.29 is 9.50 Å². The maximum absolute atomic E-state index is 13.7. The Bertz CT molecular complexity index is 566. The van der Waals surface area contributed by atoms with Crippen LogP contribution < -0.4 is 0 Å². The van der Waals surface area contributed by atoms with E-state index in [4.69, 9.17) is 0 Å². The van der Waals surface area contributed by atoms with Gasteiger partial charge in [-0.2, -0.15) is 0 Å². The molecule has 0 saturated heterocycles. The minimum Gasteiger partial charge on any atom is -0.389 e. The molecule has 2 aromatic carbocycles. The number of aliphatic hydroxyl groups excluding tert-OH is 1. The molecule has 0 aliphatic carbocycles. The summed E-state index contributed by atoms with van der Waals surface area (Å²) in [6.45, 7) is 3.65. The summed E-state index contributed by atoms with van der Waals surface area (Å²) < 4.78 is 13.7. The third-order valence-corrected chi connectivity index (χ3v) is 4.05. The largest absolute Gasteiger partial charge is 0.389 e. The van der Waals surface area contributed by atoms with Crippen molar-refractivity contribution in [3.05, 3.63) is 65.0 Å². The quantitative estimate of drug-likeness (QED) is 0.831. The Morgan fingerprint density at radius 1 is 1.21 bits per heavy atom. The Labute approximate surface area is 117 Å². The molecular weight excluding hydrogens is 259 g/mol. The van der Waals surface area contributed by atoms with Gasteiger partial charge in [-0.1, -0.05) is 35.9 Å². The molecule has 100 valence electrons. The topological polar surface area (TPSA) is 20.2 Å². The number of aryl methyl sites for hydroxylation is 1. The summed E-state index contributed by atoms with van der Waals surface area (Å²) in [7, 11) is 0. The summed E-state index contributed by atoms with van der Waals surface area (Å²) in [6.07, 6.45) is -0.791. The highest BCUT2D eigenvalue weighted by Crippen LogP contribution is 2.31. The maximum atomic E-state index is 13.7. The Morgan fingerprint density at radius 2 is 1.95 bits per heavy atom. The monoisotopic (exact) mass is 276 g/mol. The van der Waals surface area contributed by atoms with Crippen LogP contribution in [0.1, 0.15) is 29.7 Å². The van der Waals surface area contributed by atoms with Crippen LogP contribution in [0.2, 0.25) is 0 Å². The van der Waals surface area contributed by atoms with Crippen LogP contribution in [0.25, 0.3) is 0 Å². The van der Waals surface area contributed by atoms with Gasteiger partial charge in [0.05, 0.1) is 6.10 Å². The van der Waals surface area contributed by atoms with Crippen molar-refractivity contribution >= 4 is 11.8 Å². The van der Waals surface area contributed by atoms with E-state index in [0.717, 1.165) is 10.6 Å². The van der Waals surface area contributed by atoms with Crippen LogP contribution in [-0.4, -0.2) is 5.11 Å². The highest BCUT2D eigenvalue weighted by molar-refractivity contribution is 7.98. The van der Waals surface area contributed by atoms with E-state index in [1.807, 2.05) is 12.1 Å². The molecule has 0 heterocycles. The predicted molar refractivity (Wildman–Crippen MR) is 77.8 cm³/mol. The lowest BCUT2D eigenvalue weighted by molar-refractivity contribution is 0.191. The lowest BCUT2D eigenvalue weighted by atomic mass is 10.1. The minimum atomic E-state index is -0.791. The van der Waals surface area contributed by atoms with Gasteiger partial charge in [-0.15, -0.1) is 11.8 Å². The van der Waals surface area contributed by atoms with E-state index in [9.17, 15) is 9.50 Å². The number of thioether (sulfide) groups is 1. The van der Waals surface area contributed by atoms with E-state index in [-0.39, 0.29) is 5.82 Å². The zero-order chi connectivity index (χ0) is 13.8. The number of hydrogen-bond acceptors (Lipinski definition) is 2. The SMILES string of the molecule is Cc1cccc(CSc2cccc(F)c2C(C)O)c1. The van der Waals surface area contributed by atoms with Crippen molar-refractivity contribution in [2.75, 3.05) is 0 Å². The van der Waals surface area contributed by atoms with Crippen LogP contribution in [0.4, 0.5) is 4.39 Å². The van der Waals surface area contributed by atoms with Crippen molar-refractivity contribution in [2.45, 2.75) is 30.6 Å². The van der Waals surface area contributed by atoms with Gasteiger partial charge < -0.3 is 5.11 Å². The van der Waals surface area contributed by atoms with Gasteiger partial charge in [0.25, 0.3) is 0 Å². The van der Waals surface area contributed by atoms with Crippen LogP contribution in [0.5, 0.6) is 0 Å². The molecule has 0 aliphatic rings. The minimum absolute atomic E-state index is 0.343. The van der Waals surface area contributed by atoms with Crippen molar-refractivity contribution in [2.24, 2.45) is 0 Å². The van der Waals surface area contributed by atoms with Gasteiger partial charge >= 0.3 is 0 Å². The molecule has 19 heavy (non-hydrogen) atoms. The van der Waals surface area contributed by atoms with Gasteiger partial charge in [-0.25, -0.2) is 4.39 Å². The van der Waals surface area contributed by atoms with Crippen LogP contribution >= 0.6 is 11.8 Å². The number of rotatable bonds is 4. The third kappa shape index (κ3) is 3.58. The normalized spacial score (nSPS) is 12.4. The Hall–Kier alpha value is -1.32. The van der Waals surface area contributed by atoms with Gasteiger partial charge in [0.2, 0.25) is 0 Å². The molecule has 3 heteroatoms. The molecule has 1 N–H and O–H groups in total. The fourth-order valence-electron chi connectivity index (χ4n) is 2.01. The molecule has 2 aromatic rings. The number of hydrogen-bond donors (Lipinski definition) is 1. The van der Waals surface area contributed by atoms with Crippen LogP contribution in [0.15, 0.2) is 47.4 Å². The summed E-state index contributed by atoms with van der Waals surface area (Å²) >= 11 is 1.55. The molecule has 2 rings (SSSR count). The molecule has 0 bridgehead atoms. The average Bonchev–Trinajstić information content (AvgIpc) is 2.36. The Morgan fingerprint density at radius 3 is 2.63 bits per heavy atom. The van der Waals surface area contributed by atoms with Gasteiger partial charge in [0.1, 0.15) is 5.82 Å². The first-order chi connectivity index (χ1) is 9.08. The fourth-order valence-corrected chi connectivity index (χ4v) is 3.11. The molecule has 0 saturated carbocycles. The van der Waals surface area contributed by atoms with Gasteiger partial charge in [-0.05, 0) is 31.5 Å². The molecule has 0 radical (unpaired) electrons. The zero-order valence-corrected chi connectivity index (χ0v) is 11.9. The van der Waals surface area contributed by atoms with Crippen molar-refractivity contribution in [1.82, 2.24) is 0 Å². The maximum Gasteiger partial charge on any atom is 0.130 e. The molecule has 0 spiro atoms. The zero-order valence-electron chi connectivity index (χ0n) is 11.1. The van der Waals surface area contributed by atoms with Crippen LogP contribution in [0.3, 0.4) is 0 Å². The average molecular weight is 276 g/mol. The summed E-state index contributed by atoms with van der Waals surface area (Å²) in [5, 5.41) is 9.67. The summed E-state index contributed by atoms with van der Waals surface area (Å²) in [6, 6.07) is 13.2. The molecule has 1 atom stereocenters. The molecule has 1 nitrogen and oxygen atoms in total. The van der Waals surface area contributed by atoms with E-state index >= 15 is 0 Å². The first kappa shape index (κ1) is 14.1. The first-order valence-electron chi connectivity index (χ1n) is 6.22. The molecule has 0 aliphatic heterocycles. The lowest BCUT2D eigenvalue weighted by Crippen LogP contribution is -1.98.